The Morgan fingerprint density at radius 2 is 0.839 bits per heavy atom. The third-order valence-electron chi connectivity index (χ3n) is 11.5. The van der Waals surface area contributed by atoms with E-state index in [1.165, 1.54) is 96.6 Å². The largest absolute Gasteiger partial charge is 0.310 e. The fourth-order valence-electron chi connectivity index (χ4n) is 8.98. The second-order valence-corrected chi connectivity index (χ2v) is 16.1. The van der Waals surface area contributed by atoms with Crippen molar-refractivity contribution in [2.24, 2.45) is 0 Å². The molecule has 1 nitrogen and oxygen atoms in total. The minimum Gasteiger partial charge on any atom is -0.310 e. The number of rotatable bonds is 5. The average Bonchev–Trinajstić information content (AvgIpc) is 3.61. The lowest BCUT2D eigenvalue weighted by atomic mass is 9.86. The zero-order chi connectivity index (χ0) is 37.3. The Balaban J connectivity index is 1.15. The predicted molar refractivity (Wildman–Crippen MR) is 244 cm³/mol. The smallest absolute Gasteiger partial charge is 0.0540 e. The first kappa shape index (κ1) is 32.7. The van der Waals surface area contributed by atoms with Crippen LogP contribution in [0.5, 0.6) is 0 Å². The maximum Gasteiger partial charge on any atom is 0.0540 e. The SMILES string of the molecule is Cc1cccc(N(c2cccc(C)c2)c2ccc(-c3cc4c5ccccc5c(-c5ccc6c(c5)sc5ccccc56)cc4c4ccccc34)c3ccccc23)c1. The van der Waals surface area contributed by atoms with Crippen LogP contribution in [-0.4, -0.2) is 0 Å². The van der Waals surface area contributed by atoms with Crippen molar-refractivity contribution in [2.75, 3.05) is 4.90 Å². The lowest BCUT2D eigenvalue weighted by Gasteiger charge is -2.28. The van der Waals surface area contributed by atoms with Gasteiger partial charge in [0.05, 0.1) is 5.69 Å². The molecule has 0 spiro atoms. The molecule has 264 valence electrons. The molecule has 0 saturated carbocycles. The van der Waals surface area contributed by atoms with E-state index in [2.05, 4.69) is 207 Å². The molecule has 0 fully saturated rings. The van der Waals surface area contributed by atoms with Gasteiger partial charge < -0.3 is 4.90 Å². The topological polar surface area (TPSA) is 3.24 Å². The van der Waals surface area contributed by atoms with E-state index in [0.29, 0.717) is 0 Å². The van der Waals surface area contributed by atoms with E-state index in [-0.39, 0.29) is 0 Å². The summed E-state index contributed by atoms with van der Waals surface area (Å²) in [6.45, 7) is 4.33. The highest BCUT2D eigenvalue weighted by molar-refractivity contribution is 7.25. The molecule has 0 N–H and O–H groups in total. The van der Waals surface area contributed by atoms with Crippen LogP contribution in [0.1, 0.15) is 11.1 Å². The Kier molecular flexibility index (Phi) is 7.55. The van der Waals surface area contributed by atoms with E-state index in [0.717, 1.165) is 17.1 Å². The van der Waals surface area contributed by atoms with Crippen LogP contribution in [0.15, 0.2) is 188 Å². The van der Waals surface area contributed by atoms with Crippen molar-refractivity contribution >= 4 is 91.7 Å². The Morgan fingerprint density at radius 3 is 1.48 bits per heavy atom. The molecule has 10 aromatic carbocycles. The van der Waals surface area contributed by atoms with Crippen molar-refractivity contribution in [1.29, 1.82) is 0 Å². The number of anilines is 3. The fourth-order valence-corrected chi connectivity index (χ4v) is 10.1. The summed E-state index contributed by atoms with van der Waals surface area (Å²) >= 11 is 1.88. The summed E-state index contributed by atoms with van der Waals surface area (Å²) in [5.74, 6) is 0. The first-order valence-electron chi connectivity index (χ1n) is 19.3. The summed E-state index contributed by atoms with van der Waals surface area (Å²) in [7, 11) is 0. The zero-order valence-corrected chi connectivity index (χ0v) is 32.1. The van der Waals surface area contributed by atoms with Crippen LogP contribution in [0.3, 0.4) is 0 Å². The highest BCUT2D eigenvalue weighted by Gasteiger charge is 2.20. The Bertz CT molecular complexity index is 3300. The standard InChI is InChI=1S/C54H37NS/c1-34-13-11-15-37(29-34)55(38-16-12-14-35(2)30-38)52-28-27-44(39-17-7-8-22-45(39)52)49-33-51-41-19-4-3-18-40(41)48(32-50(51)43-21-6-5-20-42(43)49)36-25-26-47-46-23-9-10-24-53(46)56-54(47)31-36/h3-33H,1-2H3. The lowest BCUT2D eigenvalue weighted by molar-refractivity contribution is 1.27. The van der Waals surface area contributed by atoms with Gasteiger partial charge in [0, 0.05) is 36.9 Å². The van der Waals surface area contributed by atoms with Crippen LogP contribution in [0.2, 0.25) is 0 Å². The first-order valence-corrected chi connectivity index (χ1v) is 20.2. The van der Waals surface area contributed by atoms with Crippen molar-refractivity contribution in [3.63, 3.8) is 0 Å². The van der Waals surface area contributed by atoms with Crippen molar-refractivity contribution in [3.8, 4) is 22.3 Å². The second-order valence-electron chi connectivity index (χ2n) is 15.0. The fraction of sp³-hybridized carbons (Fsp3) is 0.0370. The van der Waals surface area contributed by atoms with Gasteiger partial charge in [-0.15, -0.1) is 11.3 Å². The van der Waals surface area contributed by atoms with Crippen LogP contribution in [0, 0.1) is 13.8 Å². The number of hydrogen-bond donors (Lipinski definition) is 0. The van der Waals surface area contributed by atoms with Crippen LogP contribution in [-0.2, 0) is 0 Å². The number of nitrogens with zero attached hydrogens (tertiary/aromatic N) is 1. The minimum absolute atomic E-state index is 1.15. The number of aryl methyl sites for hydroxylation is 2. The number of hydrogen-bond acceptors (Lipinski definition) is 2. The molecule has 0 saturated heterocycles. The summed E-state index contributed by atoms with van der Waals surface area (Å²) in [5, 5.41) is 12.7. The molecule has 0 aliphatic carbocycles. The molecular weight excluding hydrogens is 695 g/mol. The molecule has 11 rings (SSSR count). The van der Waals surface area contributed by atoms with E-state index < -0.39 is 0 Å². The molecule has 0 amide bonds. The van der Waals surface area contributed by atoms with Crippen molar-refractivity contribution in [1.82, 2.24) is 0 Å². The van der Waals surface area contributed by atoms with Gasteiger partial charge in [-0.1, -0.05) is 133 Å². The van der Waals surface area contributed by atoms with Crippen LogP contribution in [0.25, 0.3) is 85.5 Å². The summed E-state index contributed by atoms with van der Waals surface area (Å²) in [6, 6.07) is 69.9. The first-order chi connectivity index (χ1) is 27.6. The van der Waals surface area contributed by atoms with Crippen LogP contribution < -0.4 is 4.90 Å². The van der Waals surface area contributed by atoms with Crippen LogP contribution >= 0.6 is 11.3 Å². The van der Waals surface area contributed by atoms with E-state index in [9.17, 15) is 0 Å². The molecule has 1 heterocycles. The quantitative estimate of drug-likeness (QED) is 0.159. The van der Waals surface area contributed by atoms with Gasteiger partial charge >= 0.3 is 0 Å². The van der Waals surface area contributed by atoms with Gasteiger partial charge in [-0.25, -0.2) is 0 Å². The van der Waals surface area contributed by atoms with Gasteiger partial charge in [0.1, 0.15) is 0 Å². The van der Waals surface area contributed by atoms with Crippen molar-refractivity contribution in [2.45, 2.75) is 13.8 Å². The molecule has 11 aromatic rings. The van der Waals surface area contributed by atoms with Crippen molar-refractivity contribution < 1.29 is 0 Å². The molecule has 0 radical (unpaired) electrons. The second kappa shape index (κ2) is 12.9. The number of thiophene rings is 1. The summed E-state index contributed by atoms with van der Waals surface area (Å²) in [4.78, 5) is 2.41. The Labute approximate surface area is 330 Å². The van der Waals surface area contributed by atoms with Gasteiger partial charge in [0.2, 0.25) is 0 Å². The van der Waals surface area contributed by atoms with E-state index in [1.54, 1.807) is 0 Å². The van der Waals surface area contributed by atoms with Gasteiger partial charge in [-0.3, -0.25) is 0 Å². The van der Waals surface area contributed by atoms with Crippen LogP contribution in [0.4, 0.5) is 17.1 Å². The number of benzene rings is 10. The maximum atomic E-state index is 2.46. The molecule has 2 heteroatoms. The predicted octanol–water partition coefficient (Wildman–Crippen LogP) is 16.1. The molecule has 1 aromatic heterocycles. The molecule has 0 unspecified atom stereocenters. The lowest BCUT2D eigenvalue weighted by Crippen LogP contribution is -2.11. The van der Waals surface area contributed by atoms with E-state index in [1.807, 2.05) is 11.3 Å². The monoisotopic (exact) mass is 731 g/mol. The highest BCUT2D eigenvalue weighted by Crippen LogP contribution is 2.47. The third-order valence-corrected chi connectivity index (χ3v) is 12.7. The molecule has 56 heavy (non-hydrogen) atoms. The van der Waals surface area contributed by atoms with Gasteiger partial charge in [-0.2, -0.15) is 0 Å². The molecule has 0 bridgehead atoms. The summed E-state index contributed by atoms with van der Waals surface area (Å²) in [6.07, 6.45) is 0. The maximum absolute atomic E-state index is 2.46. The van der Waals surface area contributed by atoms with Crippen molar-refractivity contribution in [3.05, 3.63) is 199 Å². The van der Waals surface area contributed by atoms with E-state index >= 15 is 0 Å². The Hall–Kier alpha value is -6.74. The zero-order valence-electron chi connectivity index (χ0n) is 31.3. The Morgan fingerprint density at radius 1 is 0.321 bits per heavy atom. The average molecular weight is 732 g/mol. The van der Waals surface area contributed by atoms with Gasteiger partial charge in [-0.05, 0) is 140 Å². The third kappa shape index (κ3) is 5.21. The highest BCUT2D eigenvalue weighted by atomic mass is 32.1. The van der Waals surface area contributed by atoms with Gasteiger partial charge in [0.25, 0.3) is 0 Å². The normalized spacial score (nSPS) is 11.8. The summed E-state index contributed by atoms with van der Waals surface area (Å²) < 4.78 is 2.66. The van der Waals surface area contributed by atoms with Gasteiger partial charge in [0.15, 0.2) is 0 Å². The molecular formula is C54H37NS. The van der Waals surface area contributed by atoms with E-state index in [4.69, 9.17) is 0 Å². The summed E-state index contributed by atoms with van der Waals surface area (Å²) in [5.41, 5.74) is 10.9. The molecule has 0 aliphatic rings. The molecule has 0 aliphatic heterocycles. The molecule has 0 atom stereocenters. The minimum atomic E-state index is 1.15. The number of fused-ring (bicyclic) bond motifs is 9.